The highest BCUT2D eigenvalue weighted by Crippen LogP contribution is 2.31. The van der Waals surface area contributed by atoms with Crippen LogP contribution in [0.2, 0.25) is 0 Å². The van der Waals surface area contributed by atoms with Gasteiger partial charge in [-0.2, -0.15) is 0 Å². The molecule has 1 aliphatic carbocycles. The third-order valence-corrected chi connectivity index (χ3v) is 4.49. The summed E-state index contributed by atoms with van der Waals surface area (Å²) in [5, 5.41) is 10.6. The van der Waals surface area contributed by atoms with Crippen LogP contribution in [-0.2, 0) is 6.54 Å². The Balaban J connectivity index is 1.66. The van der Waals surface area contributed by atoms with Gasteiger partial charge in [0.1, 0.15) is 11.5 Å². The van der Waals surface area contributed by atoms with E-state index in [4.69, 9.17) is 9.47 Å². The van der Waals surface area contributed by atoms with E-state index in [1.54, 1.807) is 14.2 Å². The molecule has 1 atom stereocenters. The van der Waals surface area contributed by atoms with Gasteiger partial charge in [-0.15, -0.1) is 0 Å². The molecule has 1 aliphatic rings. The predicted molar refractivity (Wildman–Crippen MR) is 94.4 cm³/mol. The highest BCUT2D eigenvalue weighted by Gasteiger charge is 2.30. The molecule has 1 unspecified atom stereocenters. The molecule has 1 N–H and O–H groups in total. The number of methoxy groups -OCH3 is 2. The van der Waals surface area contributed by atoms with Crippen molar-refractivity contribution in [3.8, 4) is 11.5 Å². The summed E-state index contributed by atoms with van der Waals surface area (Å²) in [5.41, 5.74) is 2.13. The van der Waals surface area contributed by atoms with Crippen molar-refractivity contribution in [1.82, 2.24) is 4.90 Å². The lowest BCUT2D eigenvalue weighted by Gasteiger charge is -2.25. The molecule has 1 saturated carbocycles. The average Bonchev–Trinajstić information content (AvgIpc) is 3.47. The first-order chi connectivity index (χ1) is 11.7. The van der Waals surface area contributed by atoms with E-state index in [1.165, 1.54) is 18.4 Å². The van der Waals surface area contributed by atoms with Gasteiger partial charge >= 0.3 is 0 Å². The Bertz CT molecular complexity index is 652. The number of ether oxygens (including phenoxy) is 2. The summed E-state index contributed by atoms with van der Waals surface area (Å²) in [5.74, 6) is 1.65. The van der Waals surface area contributed by atoms with Crippen LogP contribution in [0, 0.1) is 0 Å². The van der Waals surface area contributed by atoms with Crippen molar-refractivity contribution in [2.75, 3.05) is 20.8 Å². The summed E-state index contributed by atoms with van der Waals surface area (Å²) in [6.07, 6.45) is 1.90. The molecule has 0 aromatic heterocycles. The highest BCUT2D eigenvalue weighted by atomic mass is 16.5. The number of aliphatic hydroxyl groups is 1. The molecule has 0 bridgehead atoms. The summed E-state index contributed by atoms with van der Waals surface area (Å²) < 4.78 is 10.5. The number of aliphatic hydroxyl groups excluding tert-OH is 1. The first-order valence-corrected chi connectivity index (χ1v) is 8.38. The van der Waals surface area contributed by atoms with Gasteiger partial charge in [0.2, 0.25) is 0 Å². The molecule has 0 spiro atoms. The largest absolute Gasteiger partial charge is 0.497 e. The Hall–Kier alpha value is -2.04. The SMILES string of the molecule is COc1ccc(CN(CC(O)c2cccc(OC)c2)C2CC2)cc1. The average molecular weight is 327 g/mol. The van der Waals surface area contributed by atoms with Crippen LogP contribution in [-0.4, -0.2) is 36.8 Å². The van der Waals surface area contributed by atoms with Gasteiger partial charge in [0.25, 0.3) is 0 Å². The zero-order chi connectivity index (χ0) is 16.9. The lowest BCUT2D eigenvalue weighted by atomic mass is 10.1. The molecule has 0 amide bonds. The molecule has 2 aromatic rings. The lowest BCUT2D eigenvalue weighted by molar-refractivity contribution is 0.104. The maximum Gasteiger partial charge on any atom is 0.119 e. The van der Waals surface area contributed by atoms with Gasteiger partial charge in [0.15, 0.2) is 0 Å². The molecule has 0 saturated heterocycles. The Kier molecular flexibility index (Phi) is 5.38. The van der Waals surface area contributed by atoms with Gasteiger partial charge < -0.3 is 14.6 Å². The van der Waals surface area contributed by atoms with Gasteiger partial charge in [-0.3, -0.25) is 4.90 Å². The normalized spacial score (nSPS) is 15.3. The van der Waals surface area contributed by atoms with Gasteiger partial charge in [-0.05, 0) is 48.2 Å². The van der Waals surface area contributed by atoms with E-state index in [1.807, 2.05) is 36.4 Å². The van der Waals surface area contributed by atoms with Crippen LogP contribution in [0.25, 0.3) is 0 Å². The number of nitrogens with zero attached hydrogens (tertiary/aromatic N) is 1. The molecule has 0 radical (unpaired) electrons. The van der Waals surface area contributed by atoms with Crippen LogP contribution in [0.3, 0.4) is 0 Å². The molecule has 1 fully saturated rings. The zero-order valence-electron chi connectivity index (χ0n) is 14.3. The van der Waals surface area contributed by atoms with Gasteiger partial charge in [-0.25, -0.2) is 0 Å². The molecular weight excluding hydrogens is 302 g/mol. The van der Waals surface area contributed by atoms with Crippen molar-refractivity contribution < 1.29 is 14.6 Å². The minimum atomic E-state index is -0.515. The summed E-state index contributed by atoms with van der Waals surface area (Å²) in [6.45, 7) is 1.47. The van der Waals surface area contributed by atoms with E-state index in [2.05, 4.69) is 17.0 Å². The van der Waals surface area contributed by atoms with E-state index in [0.29, 0.717) is 12.6 Å². The second kappa shape index (κ2) is 7.69. The van der Waals surface area contributed by atoms with Crippen molar-refractivity contribution >= 4 is 0 Å². The fourth-order valence-electron chi connectivity index (χ4n) is 2.92. The smallest absolute Gasteiger partial charge is 0.119 e. The van der Waals surface area contributed by atoms with Crippen molar-refractivity contribution in [2.24, 2.45) is 0 Å². The van der Waals surface area contributed by atoms with Crippen molar-refractivity contribution in [1.29, 1.82) is 0 Å². The Labute approximate surface area is 143 Å². The van der Waals surface area contributed by atoms with Crippen molar-refractivity contribution in [3.05, 3.63) is 59.7 Å². The zero-order valence-corrected chi connectivity index (χ0v) is 14.3. The molecule has 2 aromatic carbocycles. The fourth-order valence-corrected chi connectivity index (χ4v) is 2.92. The van der Waals surface area contributed by atoms with Crippen LogP contribution in [0.15, 0.2) is 48.5 Å². The molecule has 24 heavy (non-hydrogen) atoms. The van der Waals surface area contributed by atoms with Crippen LogP contribution >= 0.6 is 0 Å². The van der Waals surface area contributed by atoms with E-state index in [0.717, 1.165) is 23.6 Å². The van der Waals surface area contributed by atoms with Crippen LogP contribution in [0.4, 0.5) is 0 Å². The Morgan fingerprint density at radius 2 is 1.75 bits per heavy atom. The van der Waals surface area contributed by atoms with E-state index in [9.17, 15) is 5.11 Å². The molecule has 4 heteroatoms. The quantitative estimate of drug-likeness (QED) is 0.807. The number of rotatable bonds is 8. The third kappa shape index (κ3) is 4.28. The van der Waals surface area contributed by atoms with E-state index in [-0.39, 0.29) is 0 Å². The minimum Gasteiger partial charge on any atom is -0.497 e. The monoisotopic (exact) mass is 327 g/mol. The highest BCUT2D eigenvalue weighted by molar-refractivity contribution is 5.30. The predicted octanol–water partition coefficient (Wildman–Crippen LogP) is 3.40. The second-order valence-electron chi connectivity index (χ2n) is 6.30. The van der Waals surface area contributed by atoms with Gasteiger partial charge in [0.05, 0.1) is 20.3 Å². The van der Waals surface area contributed by atoms with E-state index >= 15 is 0 Å². The molecule has 3 rings (SSSR count). The van der Waals surface area contributed by atoms with Gasteiger partial charge in [0, 0.05) is 19.1 Å². The first kappa shape index (κ1) is 16.8. The van der Waals surface area contributed by atoms with Crippen molar-refractivity contribution in [3.63, 3.8) is 0 Å². The maximum absolute atomic E-state index is 10.6. The van der Waals surface area contributed by atoms with Crippen LogP contribution in [0.5, 0.6) is 11.5 Å². The Morgan fingerprint density at radius 3 is 2.38 bits per heavy atom. The molecule has 128 valence electrons. The molecule has 4 nitrogen and oxygen atoms in total. The van der Waals surface area contributed by atoms with Crippen LogP contribution < -0.4 is 9.47 Å². The minimum absolute atomic E-state index is 0.515. The van der Waals surface area contributed by atoms with Crippen molar-refractivity contribution in [2.45, 2.75) is 31.5 Å². The fraction of sp³-hybridized carbons (Fsp3) is 0.400. The maximum atomic E-state index is 10.6. The molecule has 0 heterocycles. The Morgan fingerprint density at radius 1 is 1.04 bits per heavy atom. The summed E-state index contributed by atoms with van der Waals surface area (Å²) in [7, 11) is 3.32. The lowest BCUT2D eigenvalue weighted by Crippen LogP contribution is -2.30. The summed E-state index contributed by atoms with van der Waals surface area (Å²) in [4.78, 5) is 2.37. The number of hydrogen-bond donors (Lipinski definition) is 1. The third-order valence-electron chi connectivity index (χ3n) is 4.49. The topological polar surface area (TPSA) is 41.9 Å². The van der Waals surface area contributed by atoms with Crippen LogP contribution in [0.1, 0.15) is 30.1 Å². The summed E-state index contributed by atoms with van der Waals surface area (Å²) in [6, 6.07) is 16.4. The van der Waals surface area contributed by atoms with Gasteiger partial charge in [-0.1, -0.05) is 24.3 Å². The number of benzene rings is 2. The van der Waals surface area contributed by atoms with E-state index < -0.39 is 6.10 Å². The standard InChI is InChI=1S/C20H25NO3/c1-23-18-10-6-15(7-11-18)13-21(17-8-9-17)14-20(22)16-4-3-5-19(12-16)24-2/h3-7,10-12,17,20,22H,8-9,13-14H2,1-2H3. The first-order valence-electron chi connectivity index (χ1n) is 8.38. The summed E-state index contributed by atoms with van der Waals surface area (Å²) >= 11 is 0. The second-order valence-corrected chi connectivity index (χ2v) is 6.30. The molecular formula is C20H25NO3. The number of hydrogen-bond acceptors (Lipinski definition) is 4. The molecule has 0 aliphatic heterocycles.